The monoisotopic (exact) mass is 234 g/mol. The first-order valence-corrected chi connectivity index (χ1v) is 7.45. The molecule has 0 spiro atoms. The summed E-state index contributed by atoms with van der Waals surface area (Å²) in [5, 5.41) is 11.9. The second-order valence-electron chi connectivity index (χ2n) is 4.62. The van der Waals surface area contributed by atoms with Gasteiger partial charge in [-0.15, -0.1) is 0 Å². The summed E-state index contributed by atoms with van der Waals surface area (Å²) in [5.74, 6) is 1.72. The molecule has 1 aliphatic rings. The standard InChI is InChI=1S/C11H22OS2/c1-7(2)5-10(12)11-6-13-8(3)9(4)14-11/h7-12H,5-6H2,1-4H3. The summed E-state index contributed by atoms with van der Waals surface area (Å²) >= 11 is 3.98. The Balaban J connectivity index is 2.38. The van der Waals surface area contributed by atoms with Gasteiger partial charge in [0.05, 0.1) is 6.10 Å². The summed E-state index contributed by atoms with van der Waals surface area (Å²) in [6.45, 7) is 8.91. The Kier molecular flexibility index (Phi) is 5.15. The third kappa shape index (κ3) is 3.67. The summed E-state index contributed by atoms with van der Waals surface area (Å²) in [6.07, 6.45) is 0.835. The quantitative estimate of drug-likeness (QED) is 0.810. The van der Waals surface area contributed by atoms with Crippen LogP contribution in [0.15, 0.2) is 0 Å². The van der Waals surface area contributed by atoms with Gasteiger partial charge in [0.15, 0.2) is 0 Å². The fourth-order valence-corrected chi connectivity index (χ4v) is 4.67. The lowest BCUT2D eigenvalue weighted by Crippen LogP contribution is -2.35. The van der Waals surface area contributed by atoms with E-state index in [1.54, 1.807) is 0 Å². The van der Waals surface area contributed by atoms with Crippen LogP contribution in [0, 0.1) is 5.92 Å². The van der Waals surface area contributed by atoms with Crippen LogP contribution in [0.1, 0.15) is 34.1 Å². The molecule has 0 bridgehead atoms. The Hall–Kier alpha value is 0.660. The molecule has 1 N–H and O–H groups in total. The van der Waals surface area contributed by atoms with Crippen LogP contribution in [-0.2, 0) is 0 Å². The number of aliphatic hydroxyl groups is 1. The summed E-state index contributed by atoms with van der Waals surface area (Å²) in [7, 11) is 0. The third-order valence-electron chi connectivity index (χ3n) is 2.72. The van der Waals surface area contributed by atoms with Crippen LogP contribution >= 0.6 is 23.5 Å². The van der Waals surface area contributed by atoms with Crippen molar-refractivity contribution in [2.75, 3.05) is 5.75 Å². The van der Waals surface area contributed by atoms with Gasteiger partial charge in [0.25, 0.3) is 0 Å². The first-order chi connectivity index (χ1) is 6.50. The second-order valence-corrected chi connectivity index (χ2v) is 7.65. The molecule has 3 heteroatoms. The molecule has 0 amide bonds. The molecule has 0 radical (unpaired) electrons. The molecule has 1 rings (SSSR count). The Morgan fingerprint density at radius 1 is 1.29 bits per heavy atom. The smallest absolute Gasteiger partial charge is 0.0669 e. The molecule has 0 aromatic heterocycles. The zero-order valence-corrected chi connectivity index (χ0v) is 11.2. The first kappa shape index (κ1) is 12.7. The maximum atomic E-state index is 10.0. The minimum absolute atomic E-state index is 0.109. The van der Waals surface area contributed by atoms with Gasteiger partial charge < -0.3 is 5.11 Å². The highest BCUT2D eigenvalue weighted by molar-refractivity contribution is 8.07. The molecule has 4 atom stereocenters. The SMILES string of the molecule is CC(C)CC(O)C1CSC(C)C(C)S1. The van der Waals surface area contributed by atoms with Gasteiger partial charge in [-0.1, -0.05) is 27.7 Å². The fraction of sp³-hybridized carbons (Fsp3) is 1.00. The maximum absolute atomic E-state index is 10.0. The zero-order chi connectivity index (χ0) is 10.7. The first-order valence-electron chi connectivity index (χ1n) is 5.45. The molecule has 1 fully saturated rings. The second kappa shape index (κ2) is 5.66. The largest absolute Gasteiger partial charge is 0.392 e. The lowest BCUT2D eigenvalue weighted by Gasteiger charge is -2.34. The van der Waals surface area contributed by atoms with Crippen LogP contribution in [0.3, 0.4) is 0 Å². The van der Waals surface area contributed by atoms with Crippen LogP contribution < -0.4 is 0 Å². The van der Waals surface area contributed by atoms with Crippen molar-refractivity contribution in [1.82, 2.24) is 0 Å². The highest BCUT2D eigenvalue weighted by Gasteiger charge is 2.30. The zero-order valence-electron chi connectivity index (χ0n) is 9.56. The predicted octanol–water partition coefficient (Wildman–Crippen LogP) is 3.02. The molecular weight excluding hydrogens is 212 g/mol. The fourth-order valence-electron chi connectivity index (χ4n) is 1.64. The van der Waals surface area contributed by atoms with Gasteiger partial charge in [0.2, 0.25) is 0 Å². The molecule has 0 aromatic rings. The van der Waals surface area contributed by atoms with E-state index < -0.39 is 0 Å². The van der Waals surface area contributed by atoms with E-state index in [1.165, 1.54) is 0 Å². The molecule has 1 heterocycles. The van der Waals surface area contributed by atoms with Crippen LogP contribution in [0.2, 0.25) is 0 Å². The Morgan fingerprint density at radius 2 is 1.93 bits per heavy atom. The van der Waals surface area contributed by atoms with Crippen LogP contribution in [0.5, 0.6) is 0 Å². The van der Waals surface area contributed by atoms with E-state index in [1.807, 2.05) is 23.5 Å². The molecule has 14 heavy (non-hydrogen) atoms. The van der Waals surface area contributed by atoms with E-state index in [0.29, 0.717) is 16.4 Å². The lowest BCUT2D eigenvalue weighted by molar-refractivity contribution is 0.151. The maximum Gasteiger partial charge on any atom is 0.0669 e. The van der Waals surface area contributed by atoms with Crippen molar-refractivity contribution in [2.45, 2.75) is 56.0 Å². The van der Waals surface area contributed by atoms with E-state index in [2.05, 4.69) is 27.7 Å². The van der Waals surface area contributed by atoms with Gasteiger partial charge in [-0.2, -0.15) is 23.5 Å². The highest BCUT2D eigenvalue weighted by Crippen LogP contribution is 2.37. The molecule has 84 valence electrons. The molecule has 1 saturated heterocycles. The summed E-state index contributed by atoms with van der Waals surface area (Å²) < 4.78 is 0. The molecular formula is C11H22OS2. The number of hydrogen-bond acceptors (Lipinski definition) is 3. The Morgan fingerprint density at radius 3 is 2.43 bits per heavy atom. The Bertz CT molecular complexity index is 173. The van der Waals surface area contributed by atoms with Crippen molar-refractivity contribution in [1.29, 1.82) is 0 Å². The van der Waals surface area contributed by atoms with Gasteiger partial charge >= 0.3 is 0 Å². The van der Waals surface area contributed by atoms with Crippen LogP contribution in [-0.4, -0.2) is 32.7 Å². The van der Waals surface area contributed by atoms with Crippen molar-refractivity contribution in [3.8, 4) is 0 Å². The van der Waals surface area contributed by atoms with Crippen LogP contribution in [0.25, 0.3) is 0 Å². The molecule has 0 aliphatic carbocycles. The van der Waals surface area contributed by atoms with Gasteiger partial charge in [0.1, 0.15) is 0 Å². The van der Waals surface area contributed by atoms with Gasteiger partial charge in [-0.25, -0.2) is 0 Å². The van der Waals surface area contributed by atoms with Crippen molar-refractivity contribution < 1.29 is 5.11 Å². The minimum atomic E-state index is -0.109. The van der Waals surface area contributed by atoms with Gasteiger partial charge in [0, 0.05) is 21.5 Å². The average molecular weight is 234 g/mol. The molecule has 4 unspecified atom stereocenters. The minimum Gasteiger partial charge on any atom is -0.392 e. The van der Waals surface area contributed by atoms with Gasteiger partial charge in [-0.3, -0.25) is 0 Å². The molecule has 0 aromatic carbocycles. The normalized spacial score (nSPS) is 36.0. The van der Waals surface area contributed by atoms with Crippen molar-refractivity contribution in [2.24, 2.45) is 5.92 Å². The van der Waals surface area contributed by atoms with Crippen LogP contribution in [0.4, 0.5) is 0 Å². The van der Waals surface area contributed by atoms with E-state index >= 15 is 0 Å². The van der Waals surface area contributed by atoms with E-state index in [-0.39, 0.29) is 6.10 Å². The number of hydrogen-bond donors (Lipinski definition) is 1. The highest BCUT2D eigenvalue weighted by atomic mass is 32.2. The number of thioether (sulfide) groups is 2. The lowest BCUT2D eigenvalue weighted by atomic mass is 10.0. The van der Waals surface area contributed by atoms with Crippen molar-refractivity contribution in [3.63, 3.8) is 0 Å². The average Bonchev–Trinajstić information content (AvgIpc) is 2.08. The summed E-state index contributed by atoms with van der Waals surface area (Å²) in [5.41, 5.74) is 0. The van der Waals surface area contributed by atoms with Crippen molar-refractivity contribution >= 4 is 23.5 Å². The van der Waals surface area contributed by atoms with Crippen molar-refractivity contribution in [3.05, 3.63) is 0 Å². The van der Waals surface area contributed by atoms with Gasteiger partial charge in [-0.05, 0) is 12.3 Å². The third-order valence-corrected chi connectivity index (χ3v) is 6.25. The van der Waals surface area contributed by atoms with E-state index in [0.717, 1.165) is 17.4 Å². The Labute approximate surface area is 96.4 Å². The van der Waals surface area contributed by atoms with E-state index in [4.69, 9.17) is 0 Å². The molecule has 1 aliphatic heterocycles. The predicted molar refractivity (Wildman–Crippen MR) is 68.2 cm³/mol. The molecule has 1 nitrogen and oxygen atoms in total. The summed E-state index contributed by atoms with van der Waals surface area (Å²) in [6, 6.07) is 0. The van der Waals surface area contributed by atoms with E-state index in [9.17, 15) is 5.11 Å². The summed E-state index contributed by atoms with van der Waals surface area (Å²) in [4.78, 5) is 0. The number of rotatable bonds is 3. The number of aliphatic hydroxyl groups excluding tert-OH is 1. The molecule has 0 saturated carbocycles. The topological polar surface area (TPSA) is 20.2 Å².